The number of phenolic OH excluding ortho intramolecular Hbond substituents is 3. The highest BCUT2D eigenvalue weighted by Gasteiger charge is 2.36. The number of hydrogen-bond acceptors (Lipinski definition) is 21. The zero-order valence-corrected chi connectivity index (χ0v) is 66.2. The normalized spacial score (nSPS) is 16.0. The lowest BCUT2D eigenvalue weighted by atomic mass is 9.88. The highest BCUT2D eigenvalue weighted by atomic mass is 16.5. The Morgan fingerprint density at radius 3 is 1.59 bits per heavy atom. The number of aromatic hydroxyl groups is 3. The quantitative estimate of drug-likeness (QED) is 0.0370. The van der Waals surface area contributed by atoms with Crippen molar-refractivity contribution in [1.82, 2.24) is 51.5 Å². The van der Waals surface area contributed by atoms with E-state index in [1.54, 1.807) is 65.6 Å². The minimum atomic E-state index is -0.875. The number of methoxy groups -OCH3 is 1. The van der Waals surface area contributed by atoms with E-state index in [1.807, 2.05) is 84.6 Å². The van der Waals surface area contributed by atoms with E-state index in [0.29, 0.717) is 63.4 Å². The number of likely N-dealkylation sites (tertiary alicyclic amines) is 1. The molecule has 0 radical (unpaired) electrons. The highest BCUT2D eigenvalue weighted by Crippen LogP contribution is 2.35. The Kier molecular flexibility index (Phi) is 28.0. The molecule has 117 heavy (non-hydrogen) atoms. The number of nitrogens with zero attached hydrogens (tertiary/aromatic N) is 7. The molecule has 4 atom stereocenters. The number of aliphatic hydroxyl groups excluding tert-OH is 1. The van der Waals surface area contributed by atoms with Crippen molar-refractivity contribution >= 4 is 35.5 Å². The summed E-state index contributed by atoms with van der Waals surface area (Å²) in [6, 6.07) is 47.2. The summed E-state index contributed by atoms with van der Waals surface area (Å²) in [7, 11) is 1.30. The van der Waals surface area contributed by atoms with Gasteiger partial charge in [-0.2, -0.15) is 0 Å². The van der Waals surface area contributed by atoms with Crippen LogP contribution in [0.2, 0.25) is 0 Å². The van der Waals surface area contributed by atoms with Gasteiger partial charge in [-0.05, 0) is 169 Å². The van der Waals surface area contributed by atoms with Crippen molar-refractivity contribution < 1.29 is 76.5 Å². The molecule has 6 heterocycles. The SMILES string of the molecule is CC1CCc2noc(C(=O)NC(CCO)c3ccccc3)c2C1.COC(=O)C(NC(=O)c1noc2c1CCCC2)c1ccccc1C.O=C(NCc1ccccc1O)c1noc2c1CCCC2.O=C(c1noc2c1CCCC2)N(Cc1ccccc1O)Cc1ccccc1O.O=C(c1onc2c1CCCC2)N1CCC(c2ccccc2)C1. The predicted octanol–water partition coefficient (Wildman–Crippen LogP) is 14.3. The van der Waals surface area contributed by atoms with Crippen molar-refractivity contribution in [2.45, 2.75) is 186 Å². The molecule has 4 unspecified atom stereocenters. The first kappa shape index (κ1) is 82.5. The van der Waals surface area contributed by atoms with Crippen LogP contribution in [-0.4, -0.2) is 118 Å². The Bertz CT molecular complexity index is 5170. The first-order chi connectivity index (χ1) is 57.0. The van der Waals surface area contributed by atoms with Gasteiger partial charge in [0.15, 0.2) is 23.1 Å². The molecule has 26 heteroatoms. The third-order valence-corrected chi connectivity index (χ3v) is 22.4. The molecule has 1 fully saturated rings. The molecule has 5 amide bonds. The van der Waals surface area contributed by atoms with Gasteiger partial charge in [0.05, 0.1) is 37.6 Å². The lowest BCUT2D eigenvalue weighted by molar-refractivity contribution is -0.143. The van der Waals surface area contributed by atoms with Crippen LogP contribution in [0.3, 0.4) is 0 Å². The number of aromatic nitrogens is 5. The van der Waals surface area contributed by atoms with E-state index in [4.69, 9.17) is 27.4 Å². The van der Waals surface area contributed by atoms with E-state index < -0.39 is 17.9 Å². The van der Waals surface area contributed by atoms with Gasteiger partial charge in [-0.1, -0.05) is 172 Å². The molecule has 6 aliphatic rings. The molecule has 26 nitrogen and oxygen atoms in total. The van der Waals surface area contributed by atoms with Gasteiger partial charge in [0.25, 0.3) is 29.5 Å². The maximum atomic E-state index is 13.3. The van der Waals surface area contributed by atoms with E-state index in [0.717, 1.165) is 209 Å². The third-order valence-electron chi connectivity index (χ3n) is 22.4. The molecular formula is C91H100N10O16. The van der Waals surface area contributed by atoms with Gasteiger partial charge in [-0.3, -0.25) is 24.0 Å². The summed E-state index contributed by atoms with van der Waals surface area (Å²) < 4.78 is 31.5. The van der Waals surface area contributed by atoms with Crippen LogP contribution in [0, 0.1) is 12.8 Å². The van der Waals surface area contributed by atoms with Crippen molar-refractivity contribution in [3.63, 3.8) is 0 Å². The van der Waals surface area contributed by atoms with Crippen LogP contribution in [0.1, 0.15) is 244 Å². The monoisotopic (exact) mass is 1590 g/mol. The number of carbonyl (C=O) groups is 6. The number of ether oxygens (including phenoxy) is 1. The van der Waals surface area contributed by atoms with Crippen molar-refractivity contribution in [2.24, 2.45) is 5.92 Å². The smallest absolute Gasteiger partial charge is 0.333 e. The van der Waals surface area contributed by atoms with Gasteiger partial charge in [0, 0.05) is 95.9 Å². The average Bonchev–Trinajstić information content (AvgIpc) is 1.73. The van der Waals surface area contributed by atoms with Crippen LogP contribution < -0.4 is 16.0 Å². The number of rotatable bonds is 19. The second-order valence-corrected chi connectivity index (χ2v) is 30.5. The number of hydrogen-bond donors (Lipinski definition) is 7. The predicted molar refractivity (Wildman–Crippen MR) is 431 cm³/mol. The molecule has 1 aliphatic heterocycles. The van der Waals surface area contributed by atoms with Crippen LogP contribution >= 0.6 is 0 Å². The molecular weight excluding hydrogens is 1490 g/mol. The van der Waals surface area contributed by atoms with Crippen molar-refractivity contribution in [1.29, 1.82) is 0 Å². The topological polar surface area (TPSA) is 365 Å². The minimum absolute atomic E-state index is 0.00534. The van der Waals surface area contributed by atoms with Gasteiger partial charge in [-0.15, -0.1) is 0 Å². The van der Waals surface area contributed by atoms with Gasteiger partial charge in [-0.25, -0.2) is 4.79 Å². The largest absolute Gasteiger partial charge is 0.508 e. The number of carbonyl (C=O) groups excluding carboxylic acids is 6. The maximum Gasteiger partial charge on any atom is 0.333 e. The Labute approximate surface area is 678 Å². The number of fused-ring (bicyclic) bond motifs is 5. The van der Waals surface area contributed by atoms with E-state index in [-0.39, 0.29) is 78.9 Å². The summed E-state index contributed by atoms with van der Waals surface area (Å²) in [5, 5.41) is 67.8. The molecule has 5 aliphatic carbocycles. The number of para-hydroxylation sites is 3. The molecule has 1 saturated heterocycles. The average molecular weight is 1590 g/mol. The molecule has 5 aromatic heterocycles. The third kappa shape index (κ3) is 20.4. The van der Waals surface area contributed by atoms with Gasteiger partial charge in [0.2, 0.25) is 11.5 Å². The van der Waals surface area contributed by atoms with Gasteiger partial charge < -0.3 is 73.5 Å². The van der Waals surface area contributed by atoms with Gasteiger partial charge in [0.1, 0.15) is 34.5 Å². The highest BCUT2D eigenvalue weighted by molar-refractivity contribution is 5.98. The zero-order chi connectivity index (χ0) is 81.7. The zero-order valence-electron chi connectivity index (χ0n) is 66.2. The molecule has 11 aromatic rings. The molecule has 610 valence electrons. The number of aryl methyl sites for hydroxylation is 6. The molecule has 0 spiro atoms. The molecule has 0 bridgehead atoms. The molecule has 0 saturated carbocycles. The van der Waals surface area contributed by atoms with Crippen LogP contribution in [0.5, 0.6) is 17.2 Å². The Morgan fingerprint density at radius 1 is 0.513 bits per heavy atom. The first-order valence-corrected chi connectivity index (χ1v) is 40.5. The number of benzene rings is 6. The summed E-state index contributed by atoms with van der Waals surface area (Å²) in [6.45, 7) is 6.30. The van der Waals surface area contributed by atoms with E-state index in [1.165, 1.54) is 12.7 Å². The number of nitrogens with one attached hydrogen (secondary N) is 3. The molecule has 6 aromatic carbocycles. The van der Waals surface area contributed by atoms with Crippen molar-refractivity contribution in [3.8, 4) is 17.2 Å². The van der Waals surface area contributed by atoms with Crippen molar-refractivity contribution in [2.75, 3.05) is 26.8 Å². The first-order valence-electron chi connectivity index (χ1n) is 40.5. The summed E-state index contributed by atoms with van der Waals surface area (Å²) >= 11 is 0. The van der Waals surface area contributed by atoms with E-state index in [9.17, 15) is 49.2 Å². The van der Waals surface area contributed by atoms with Crippen molar-refractivity contribution in [3.05, 3.63) is 282 Å². The number of aliphatic hydroxyl groups is 1. The van der Waals surface area contributed by atoms with Gasteiger partial charge >= 0.3 is 5.97 Å². The standard InChI is InChI=1S/C22H22N2O4.C18H20N2O4.C18H22N2O3.C18H20N2O2.C15H16N2O3/c25-18-10-4-1-7-15(18)13-24(14-16-8-2-5-11-19(16)26)22(27)21-17-9-3-6-12-20(17)28-23-21;1-11-7-3-4-8-12(11)16(18(22)23-2)19-17(21)15-13-9-5-6-10-14(13)24-20-15;1-12-7-8-16-14(11-12)17(23-20-16)18(22)19-15(9-10-21)13-5-3-2-4-6-13;21-18(17-15-8-4-5-9-16(15)19-22-17)20-11-10-14(12-20)13-6-2-1-3-7-13;18-12-7-3-1-5-10(12)9-16-15(19)14-11-6-2-4-8-13(11)20-17-14/h1-2,4-5,7-8,10-11,25-26H,3,6,9,12-14H2;3-4,7-8,16H,5-6,9-10H2,1-2H3,(H,19,21);2-6,12,15,21H,7-11H2,1H3,(H,19,22);1-3,6-7,14H,4-5,8-12H2;1,3,5,7,18H,2,4,6,8-9H2,(H,16,19). The van der Waals surface area contributed by atoms with Crippen LogP contribution in [-0.2, 0) is 93.4 Å². The maximum absolute atomic E-state index is 13.3. The summed E-state index contributed by atoms with van der Waals surface area (Å²) in [5.74, 6) is 2.93. The Morgan fingerprint density at radius 2 is 1.01 bits per heavy atom. The van der Waals surface area contributed by atoms with Crippen LogP contribution in [0.25, 0.3) is 0 Å². The molecule has 7 N–H and O–H groups in total. The fraction of sp³-hybridized carbons (Fsp3) is 0.374. The second kappa shape index (κ2) is 39.7. The lowest BCUT2D eigenvalue weighted by Gasteiger charge is -2.23. The number of esters is 1. The minimum Gasteiger partial charge on any atom is -0.508 e. The summed E-state index contributed by atoms with van der Waals surface area (Å²) in [6.07, 6.45) is 19.5. The fourth-order valence-electron chi connectivity index (χ4n) is 15.9. The van der Waals surface area contributed by atoms with E-state index in [2.05, 4.69) is 72.9 Å². The molecule has 17 rings (SSSR count). The Balaban J connectivity index is 0.000000128. The summed E-state index contributed by atoms with van der Waals surface area (Å²) in [4.78, 5) is 79.2. The summed E-state index contributed by atoms with van der Waals surface area (Å²) in [5.41, 5.74) is 13.4. The van der Waals surface area contributed by atoms with Crippen LogP contribution in [0.4, 0.5) is 0 Å². The second-order valence-electron chi connectivity index (χ2n) is 30.5. The fourth-order valence-corrected chi connectivity index (χ4v) is 15.9. The number of amides is 5. The van der Waals surface area contributed by atoms with E-state index >= 15 is 0 Å². The Hall–Kier alpha value is -12.5. The van der Waals surface area contributed by atoms with Crippen LogP contribution in [0.15, 0.2) is 180 Å². The lowest BCUT2D eigenvalue weighted by Crippen LogP contribution is -2.35. The number of phenols is 3.